The number of sulfonamides is 1. The molecule has 0 N–H and O–H groups in total. The first kappa shape index (κ1) is 24.2. The fourth-order valence-electron chi connectivity index (χ4n) is 3.84. The van der Waals surface area contributed by atoms with E-state index in [1.165, 1.54) is 24.3 Å². The van der Waals surface area contributed by atoms with Crippen LogP contribution in [-0.2, 0) is 19.6 Å². The third-order valence-electron chi connectivity index (χ3n) is 5.39. The standard InChI is InChI=1S/C27H25NO6S/c1-3-11-24(29)28(35(31,32)21-14-9-6-10-15-21)20-16-17-23-22(18-20)25(27(30)33-4-2)26(34-23)19-12-7-5-8-13-19/h5-10,12-18H,3-4,11H2,1-2H3. The van der Waals surface area contributed by atoms with Crippen LogP contribution < -0.4 is 4.31 Å². The molecule has 1 aromatic heterocycles. The normalized spacial score (nSPS) is 11.4. The van der Waals surface area contributed by atoms with E-state index in [1.54, 1.807) is 50.2 Å². The average molecular weight is 492 g/mol. The van der Waals surface area contributed by atoms with Crippen LogP contribution in [0.15, 0.2) is 88.2 Å². The van der Waals surface area contributed by atoms with Crippen molar-refractivity contribution >= 4 is 38.6 Å². The lowest BCUT2D eigenvalue weighted by Gasteiger charge is -2.22. The van der Waals surface area contributed by atoms with E-state index in [4.69, 9.17) is 9.15 Å². The van der Waals surface area contributed by atoms with Crippen LogP contribution >= 0.6 is 0 Å². The molecule has 0 bridgehead atoms. The summed E-state index contributed by atoms with van der Waals surface area (Å²) in [6.45, 7) is 3.66. The Kier molecular flexibility index (Phi) is 7.02. The van der Waals surface area contributed by atoms with Gasteiger partial charge in [-0.05, 0) is 43.7 Å². The Morgan fingerprint density at radius 2 is 1.57 bits per heavy atom. The van der Waals surface area contributed by atoms with Gasteiger partial charge in [0.05, 0.1) is 17.2 Å². The van der Waals surface area contributed by atoms with Crippen LogP contribution in [0, 0.1) is 0 Å². The molecular weight excluding hydrogens is 466 g/mol. The molecule has 180 valence electrons. The molecule has 0 saturated carbocycles. The summed E-state index contributed by atoms with van der Waals surface area (Å²) in [5, 5.41) is 0.359. The van der Waals surface area contributed by atoms with E-state index in [1.807, 2.05) is 18.2 Å². The Bertz CT molecular complexity index is 1460. The molecule has 0 unspecified atom stereocenters. The van der Waals surface area contributed by atoms with Gasteiger partial charge in [-0.15, -0.1) is 0 Å². The molecule has 4 rings (SSSR count). The minimum atomic E-state index is -4.20. The van der Waals surface area contributed by atoms with Gasteiger partial charge in [0, 0.05) is 17.4 Å². The van der Waals surface area contributed by atoms with Crippen LogP contribution in [-0.4, -0.2) is 26.9 Å². The zero-order chi connectivity index (χ0) is 25.0. The second-order valence-corrected chi connectivity index (χ2v) is 9.59. The molecule has 35 heavy (non-hydrogen) atoms. The van der Waals surface area contributed by atoms with Crippen molar-refractivity contribution in [2.75, 3.05) is 10.9 Å². The number of nitrogens with zero attached hydrogens (tertiary/aromatic N) is 1. The molecule has 3 aromatic carbocycles. The van der Waals surface area contributed by atoms with Crippen molar-refractivity contribution in [3.63, 3.8) is 0 Å². The molecule has 0 aliphatic heterocycles. The number of anilines is 1. The van der Waals surface area contributed by atoms with Crippen molar-refractivity contribution in [2.24, 2.45) is 0 Å². The second kappa shape index (κ2) is 10.1. The van der Waals surface area contributed by atoms with Gasteiger partial charge in [0.1, 0.15) is 16.9 Å². The van der Waals surface area contributed by atoms with Crippen LogP contribution in [0.2, 0.25) is 0 Å². The molecule has 0 spiro atoms. The second-order valence-electron chi connectivity index (χ2n) is 7.80. The van der Waals surface area contributed by atoms with E-state index in [0.717, 1.165) is 4.31 Å². The highest BCUT2D eigenvalue weighted by atomic mass is 32.2. The Balaban J connectivity index is 1.94. The molecule has 0 aliphatic rings. The maximum absolute atomic E-state index is 13.5. The van der Waals surface area contributed by atoms with Crippen LogP contribution in [0.5, 0.6) is 0 Å². The van der Waals surface area contributed by atoms with Crippen LogP contribution in [0.3, 0.4) is 0 Å². The number of fused-ring (bicyclic) bond motifs is 1. The summed E-state index contributed by atoms with van der Waals surface area (Å²) >= 11 is 0. The van der Waals surface area contributed by atoms with Crippen molar-refractivity contribution in [1.82, 2.24) is 0 Å². The lowest BCUT2D eigenvalue weighted by molar-refractivity contribution is -0.117. The third-order valence-corrected chi connectivity index (χ3v) is 7.16. The maximum Gasteiger partial charge on any atom is 0.342 e. The molecule has 0 atom stereocenters. The number of rotatable bonds is 8. The molecule has 1 amide bonds. The lowest BCUT2D eigenvalue weighted by atomic mass is 10.1. The molecule has 0 saturated heterocycles. The van der Waals surface area contributed by atoms with Gasteiger partial charge in [-0.2, -0.15) is 0 Å². The van der Waals surface area contributed by atoms with Crippen molar-refractivity contribution in [1.29, 1.82) is 0 Å². The first-order valence-corrected chi connectivity index (χ1v) is 12.7. The minimum Gasteiger partial charge on any atom is -0.462 e. The van der Waals surface area contributed by atoms with Gasteiger partial charge in [-0.1, -0.05) is 55.5 Å². The Morgan fingerprint density at radius 1 is 0.914 bits per heavy atom. The molecular formula is C27H25NO6S. The van der Waals surface area contributed by atoms with Crippen LogP contribution in [0.4, 0.5) is 5.69 Å². The van der Waals surface area contributed by atoms with Crippen LogP contribution in [0.25, 0.3) is 22.3 Å². The number of carbonyl (C=O) groups excluding carboxylic acids is 2. The summed E-state index contributed by atoms with van der Waals surface area (Å²) in [6.07, 6.45) is 0.509. The van der Waals surface area contributed by atoms with E-state index < -0.39 is 21.9 Å². The van der Waals surface area contributed by atoms with Crippen molar-refractivity contribution in [3.05, 3.63) is 84.4 Å². The van der Waals surface area contributed by atoms with Crippen LogP contribution in [0.1, 0.15) is 37.0 Å². The average Bonchev–Trinajstić information content (AvgIpc) is 3.24. The zero-order valence-corrected chi connectivity index (χ0v) is 20.2. The molecule has 4 aromatic rings. The van der Waals surface area contributed by atoms with E-state index >= 15 is 0 Å². The number of carbonyl (C=O) groups is 2. The van der Waals surface area contributed by atoms with E-state index in [-0.39, 0.29) is 29.2 Å². The van der Waals surface area contributed by atoms with E-state index in [2.05, 4.69) is 0 Å². The molecule has 8 heteroatoms. The topological polar surface area (TPSA) is 93.9 Å². The lowest BCUT2D eigenvalue weighted by Crippen LogP contribution is -2.36. The number of ether oxygens (including phenoxy) is 1. The van der Waals surface area contributed by atoms with Crippen molar-refractivity contribution in [3.8, 4) is 11.3 Å². The summed E-state index contributed by atoms with van der Waals surface area (Å²) in [4.78, 5) is 26.0. The molecule has 0 fully saturated rings. The highest BCUT2D eigenvalue weighted by molar-refractivity contribution is 7.93. The van der Waals surface area contributed by atoms with Gasteiger partial charge in [-0.3, -0.25) is 4.79 Å². The number of furan rings is 1. The monoisotopic (exact) mass is 491 g/mol. The van der Waals surface area contributed by atoms with Gasteiger partial charge in [0.15, 0.2) is 0 Å². The first-order valence-electron chi connectivity index (χ1n) is 11.3. The van der Waals surface area contributed by atoms with E-state index in [9.17, 15) is 18.0 Å². The van der Waals surface area contributed by atoms with Gasteiger partial charge < -0.3 is 9.15 Å². The Hall–Kier alpha value is -3.91. The summed E-state index contributed by atoms with van der Waals surface area (Å²) in [7, 11) is -4.20. The summed E-state index contributed by atoms with van der Waals surface area (Å²) in [6, 6.07) is 21.4. The highest BCUT2D eigenvalue weighted by Gasteiger charge is 2.32. The van der Waals surface area contributed by atoms with Gasteiger partial charge >= 0.3 is 5.97 Å². The Labute approximate surface area is 204 Å². The number of hydrogen-bond donors (Lipinski definition) is 0. The maximum atomic E-state index is 13.5. The molecule has 0 radical (unpaired) electrons. The molecule has 0 aliphatic carbocycles. The SMILES string of the molecule is CCCC(=O)N(c1ccc2oc(-c3ccccc3)c(C(=O)OCC)c2c1)S(=O)(=O)c1ccccc1. The summed E-state index contributed by atoms with van der Waals surface area (Å²) in [5.74, 6) is -0.853. The van der Waals surface area contributed by atoms with Gasteiger partial charge in [0.2, 0.25) is 5.91 Å². The number of amides is 1. The smallest absolute Gasteiger partial charge is 0.342 e. The number of hydrogen-bond acceptors (Lipinski definition) is 6. The third kappa shape index (κ3) is 4.70. The fraction of sp³-hybridized carbons (Fsp3) is 0.185. The predicted molar refractivity (Wildman–Crippen MR) is 134 cm³/mol. The fourth-order valence-corrected chi connectivity index (χ4v) is 5.30. The zero-order valence-electron chi connectivity index (χ0n) is 19.4. The first-order chi connectivity index (χ1) is 16.9. The number of esters is 1. The van der Waals surface area contributed by atoms with Crippen molar-refractivity contribution < 1.29 is 27.2 Å². The summed E-state index contributed by atoms with van der Waals surface area (Å²) in [5.41, 5.74) is 1.33. The predicted octanol–water partition coefficient (Wildman–Crippen LogP) is 5.80. The van der Waals surface area contributed by atoms with Gasteiger partial charge in [-0.25, -0.2) is 17.5 Å². The van der Waals surface area contributed by atoms with Crippen molar-refractivity contribution in [2.45, 2.75) is 31.6 Å². The van der Waals surface area contributed by atoms with Gasteiger partial charge in [0.25, 0.3) is 10.0 Å². The minimum absolute atomic E-state index is 0.00710. The van der Waals surface area contributed by atoms with E-state index in [0.29, 0.717) is 28.7 Å². The summed E-state index contributed by atoms with van der Waals surface area (Å²) < 4.78 is 39.1. The largest absolute Gasteiger partial charge is 0.462 e. The molecule has 7 nitrogen and oxygen atoms in total. The number of benzene rings is 3. The quantitative estimate of drug-likeness (QED) is 0.289. The molecule has 1 heterocycles. The Morgan fingerprint density at radius 3 is 2.20 bits per heavy atom. The highest BCUT2D eigenvalue weighted by Crippen LogP contribution is 2.37.